The Morgan fingerprint density at radius 2 is 1.71 bits per heavy atom. The highest BCUT2D eigenvalue weighted by molar-refractivity contribution is 5.94. The number of alkyl halides is 3. The third-order valence-corrected chi connectivity index (χ3v) is 3.61. The highest BCUT2D eigenvalue weighted by Gasteiger charge is 2.35. The zero-order valence-electron chi connectivity index (χ0n) is 14.3. The van der Waals surface area contributed by atoms with Crippen LogP contribution in [-0.2, 0) is 0 Å². The molecule has 0 radical (unpaired) electrons. The number of hydrogen-bond donors (Lipinski definition) is 0. The van der Waals surface area contributed by atoms with Crippen molar-refractivity contribution in [3.05, 3.63) is 29.8 Å². The fourth-order valence-electron chi connectivity index (χ4n) is 2.36. The van der Waals surface area contributed by atoms with Crippen LogP contribution in [0.4, 0.5) is 13.2 Å². The fourth-order valence-corrected chi connectivity index (χ4v) is 2.36. The molecular weight excluding hydrogens is 319 g/mol. The first kappa shape index (κ1) is 18.6. The van der Waals surface area contributed by atoms with E-state index in [1.54, 1.807) is 32.9 Å². The van der Waals surface area contributed by atoms with Gasteiger partial charge in [0, 0.05) is 12.1 Å². The SMILES string of the molecule is CC(C)(C)CN(CC(F)(F)F)C(=O)c1ccc(OCC2CC2)cc1. The number of hydrogen-bond acceptors (Lipinski definition) is 2. The summed E-state index contributed by atoms with van der Waals surface area (Å²) >= 11 is 0. The van der Waals surface area contributed by atoms with Crippen molar-refractivity contribution in [3.8, 4) is 5.75 Å². The van der Waals surface area contributed by atoms with Crippen LogP contribution in [0.3, 0.4) is 0 Å². The summed E-state index contributed by atoms with van der Waals surface area (Å²) < 4.78 is 43.9. The van der Waals surface area contributed by atoms with Gasteiger partial charge in [0.2, 0.25) is 0 Å². The van der Waals surface area contributed by atoms with Crippen molar-refractivity contribution in [2.24, 2.45) is 11.3 Å². The number of amides is 1. The fraction of sp³-hybridized carbons (Fsp3) is 0.611. The molecular formula is C18H24F3NO2. The molecule has 1 aromatic rings. The molecule has 1 amide bonds. The van der Waals surface area contributed by atoms with E-state index in [-0.39, 0.29) is 12.1 Å². The minimum Gasteiger partial charge on any atom is -0.493 e. The second kappa shape index (κ2) is 7.03. The second-order valence-electron chi connectivity index (χ2n) is 7.62. The van der Waals surface area contributed by atoms with E-state index in [1.165, 1.54) is 25.0 Å². The maximum Gasteiger partial charge on any atom is 0.406 e. The lowest BCUT2D eigenvalue weighted by Gasteiger charge is -2.30. The summed E-state index contributed by atoms with van der Waals surface area (Å²) in [7, 11) is 0. The van der Waals surface area contributed by atoms with Crippen LogP contribution in [0.2, 0.25) is 0 Å². The first-order chi connectivity index (χ1) is 11.0. The molecule has 24 heavy (non-hydrogen) atoms. The number of ether oxygens (including phenoxy) is 1. The number of rotatable bonds is 6. The van der Waals surface area contributed by atoms with E-state index in [2.05, 4.69) is 0 Å². The Morgan fingerprint density at radius 3 is 2.17 bits per heavy atom. The van der Waals surface area contributed by atoms with E-state index in [0.717, 1.165) is 4.90 Å². The van der Waals surface area contributed by atoms with Crippen molar-refractivity contribution in [2.75, 3.05) is 19.7 Å². The molecule has 0 N–H and O–H groups in total. The van der Waals surface area contributed by atoms with Gasteiger partial charge < -0.3 is 9.64 Å². The molecule has 1 fully saturated rings. The van der Waals surface area contributed by atoms with Crippen molar-refractivity contribution in [1.82, 2.24) is 4.90 Å². The van der Waals surface area contributed by atoms with Gasteiger partial charge in [-0.1, -0.05) is 20.8 Å². The van der Waals surface area contributed by atoms with Crippen LogP contribution in [0.25, 0.3) is 0 Å². The topological polar surface area (TPSA) is 29.5 Å². The Kier molecular flexibility index (Phi) is 5.45. The second-order valence-corrected chi connectivity index (χ2v) is 7.62. The summed E-state index contributed by atoms with van der Waals surface area (Å²) in [5, 5.41) is 0. The average molecular weight is 343 g/mol. The summed E-state index contributed by atoms with van der Waals surface area (Å²) in [6.45, 7) is 4.85. The van der Waals surface area contributed by atoms with E-state index < -0.39 is 24.0 Å². The maximum absolute atomic E-state index is 12.8. The lowest BCUT2D eigenvalue weighted by atomic mass is 9.95. The Hall–Kier alpha value is -1.72. The van der Waals surface area contributed by atoms with Crippen LogP contribution in [0.1, 0.15) is 44.0 Å². The van der Waals surface area contributed by atoms with Crippen LogP contribution in [0.15, 0.2) is 24.3 Å². The Bertz CT molecular complexity index is 541. The molecule has 0 spiro atoms. The van der Waals surface area contributed by atoms with Crippen molar-refractivity contribution in [3.63, 3.8) is 0 Å². The van der Waals surface area contributed by atoms with E-state index in [1.807, 2.05) is 0 Å². The summed E-state index contributed by atoms with van der Waals surface area (Å²) in [4.78, 5) is 13.3. The molecule has 0 atom stereocenters. The van der Waals surface area contributed by atoms with Crippen LogP contribution in [0, 0.1) is 11.3 Å². The molecule has 134 valence electrons. The maximum atomic E-state index is 12.8. The van der Waals surface area contributed by atoms with Gasteiger partial charge in [-0.05, 0) is 48.4 Å². The van der Waals surface area contributed by atoms with Gasteiger partial charge in [-0.2, -0.15) is 13.2 Å². The quantitative estimate of drug-likeness (QED) is 0.760. The number of nitrogens with zero attached hydrogens (tertiary/aromatic N) is 1. The van der Waals surface area contributed by atoms with E-state index in [0.29, 0.717) is 18.3 Å². The van der Waals surface area contributed by atoms with Gasteiger partial charge in [-0.3, -0.25) is 4.79 Å². The van der Waals surface area contributed by atoms with Gasteiger partial charge in [0.25, 0.3) is 5.91 Å². The van der Waals surface area contributed by atoms with Gasteiger partial charge in [-0.25, -0.2) is 0 Å². The molecule has 0 bridgehead atoms. The summed E-state index contributed by atoms with van der Waals surface area (Å²) in [6.07, 6.45) is -2.07. The van der Waals surface area contributed by atoms with Crippen molar-refractivity contribution in [1.29, 1.82) is 0 Å². The van der Waals surface area contributed by atoms with Crippen LogP contribution in [-0.4, -0.2) is 36.7 Å². The number of halogens is 3. The summed E-state index contributed by atoms with van der Waals surface area (Å²) in [5.74, 6) is 0.632. The molecule has 0 unspecified atom stereocenters. The average Bonchev–Trinajstić information content (AvgIpc) is 3.25. The third-order valence-electron chi connectivity index (χ3n) is 3.61. The summed E-state index contributed by atoms with van der Waals surface area (Å²) in [6, 6.07) is 6.32. The monoisotopic (exact) mass is 343 g/mol. The molecule has 1 aromatic carbocycles. The predicted octanol–water partition coefficient (Wildman–Crippen LogP) is 4.53. The molecule has 6 heteroatoms. The van der Waals surface area contributed by atoms with Gasteiger partial charge in [0.1, 0.15) is 12.3 Å². The van der Waals surface area contributed by atoms with Gasteiger partial charge in [-0.15, -0.1) is 0 Å². The molecule has 0 saturated heterocycles. The first-order valence-electron chi connectivity index (χ1n) is 8.12. The molecule has 0 aromatic heterocycles. The Balaban J connectivity index is 2.06. The van der Waals surface area contributed by atoms with Crippen molar-refractivity contribution < 1.29 is 22.7 Å². The van der Waals surface area contributed by atoms with Gasteiger partial charge in [0.15, 0.2) is 0 Å². The highest BCUT2D eigenvalue weighted by atomic mass is 19.4. The molecule has 0 aliphatic heterocycles. The lowest BCUT2D eigenvalue weighted by Crippen LogP contribution is -2.43. The Morgan fingerprint density at radius 1 is 1.12 bits per heavy atom. The largest absolute Gasteiger partial charge is 0.493 e. The van der Waals surface area contributed by atoms with Crippen molar-refractivity contribution >= 4 is 5.91 Å². The molecule has 1 saturated carbocycles. The zero-order valence-corrected chi connectivity index (χ0v) is 14.3. The minimum atomic E-state index is -4.42. The van der Waals surface area contributed by atoms with Gasteiger partial charge in [0.05, 0.1) is 6.61 Å². The molecule has 0 heterocycles. The predicted molar refractivity (Wildman–Crippen MR) is 86.1 cm³/mol. The van der Waals surface area contributed by atoms with Gasteiger partial charge >= 0.3 is 6.18 Å². The molecule has 2 rings (SSSR count). The van der Waals surface area contributed by atoms with Crippen LogP contribution >= 0.6 is 0 Å². The van der Waals surface area contributed by atoms with Crippen molar-refractivity contribution in [2.45, 2.75) is 39.8 Å². The smallest absolute Gasteiger partial charge is 0.406 e. The molecule has 3 nitrogen and oxygen atoms in total. The normalized spacial score (nSPS) is 15.2. The zero-order chi connectivity index (χ0) is 18.0. The number of carbonyl (C=O) groups is 1. The number of carbonyl (C=O) groups excluding carboxylic acids is 1. The number of benzene rings is 1. The minimum absolute atomic E-state index is 0.0330. The van der Waals surface area contributed by atoms with Crippen LogP contribution < -0.4 is 4.74 Å². The Labute approximate surface area is 140 Å². The first-order valence-corrected chi connectivity index (χ1v) is 8.12. The summed E-state index contributed by atoms with van der Waals surface area (Å²) in [5.41, 5.74) is -0.184. The van der Waals surface area contributed by atoms with E-state index in [9.17, 15) is 18.0 Å². The van der Waals surface area contributed by atoms with E-state index in [4.69, 9.17) is 4.74 Å². The van der Waals surface area contributed by atoms with Crippen LogP contribution in [0.5, 0.6) is 5.75 Å². The standard InChI is InChI=1S/C18H24F3NO2/c1-17(2,3)11-22(12-18(19,20)21)16(23)14-6-8-15(9-7-14)24-10-13-4-5-13/h6-9,13H,4-5,10-12H2,1-3H3. The van der Waals surface area contributed by atoms with E-state index >= 15 is 0 Å². The third kappa shape index (κ3) is 6.42. The lowest BCUT2D eigenvalue weighted by molar-refractivity contribution is -0.142. The molecule has 1 aliphatic carbocycles. The highest BCUT2D eigenvalue weighted by Crippen LogP contribution is 2.29. The molecule has 1 aliphatic rings.